The normalized spacial score (nSPS) is 11.1. The quantitative estimate of drug-likeness (QED) is 0.423. The number of rotatable bonds is 8. The van der Waals surface area contributed by atoms with E-state index < -0.39 is 0 Å². The molecule has 162 valence electrons. The van der Waals surface area contributed by atoms with Crippen molar-refractivity contribution in [1.82, 2.24) is 10.6 Å². The minimum absolute atomic E-state index is 0.189. The van der Waals surface area contributed by atoms with Gasteiger partial charge in [0.25, 0.3) is 0 Å². The number of halogens is 2. The highest BCUT2D eigenvalue weighted by Crippen LogP contribution is 2.11. The maximum atomic E-state index is 12.1. The first-order chi connectivity index (χ1) is 15.5. The largest absolute Gasteiger partial charge is 0.348 e. The van der Waals surface area contributed by atoms with Crippen LogP contribution in [0.15, 0.2) is 84.9 Å². The summed E-state index contributed by atoms with van der Waals surface area (Å²) in [5.74, 6) is -0.378. The van der Waals surface area contributed by atoms with Crippen molar-refractivity contribution in [2.45, 2.75) is 13.1 Å². The summed E-state index contributed by atoms with van der Waals surface area (Å²) in [7, 11) is 0. The molecule has 0 bridgehead atoms. The van der Waals surface area contributed by atoms with Gasteiger partial charge < -0.3 is 10.6 Å². The Kier molecular flexibility index (Phi) is 8.67. The number of carbonyl (C=O) groups excluding carboxylic acids is 2. The molecule has 0 heterocycles. The van der Waals surface area contributed by atoms with Crippen molar-refractivity contribution in [3.63, 3.8) is 0 Å². The lowest BCUT2D eigenvalue weighted by atomic mass is 10.1. The molecule has 2 N–H and O–H groups in total. The summed E-state index contributed by atoms with van der Waals surface area (Å²) in [5.41, 5.74) is 3.68. The van der Waals surface area contributed by atoms with Crippen LogP contribution in [0.2, 0.25) is 10.0 Å². The van der Waals surface area contributed by atoms with Crippen LogP contribution >= 0.6 is 23.2 Å². The number of amides is 2. The van der Waals surface area contributed by atoms with E-state index in [0.29, 0.717) is 23.1 Å². The Morgan fingerprint density at radius 3 is 1.47 bits per heavy atom. The van der Waals surface area contributed by atoms with E-state index in [1.165, 1.54) is 12.2 Å². The van der Waals surface area contributed by atoms with Crippen LogP contribution in [0.5, 0.6) is 0 Å². The van der Waals surface area contributed by atoms with E-state index in [0.717, 1.165) is 22.3 Å². The van der Waals surface area contributed by atoms with Gasteiger partial charge in [0, 0.05) is 35.3 Å². The van der Waals surface area contributed by atoms with Gasteiger partial charge in [0.05, 0.1) is 0 Å². The van der Waals surface area contributed by atoms with Crippen molar-refractivity contribution < 1.29 is 9.59 Å². The van der Waals surface area contributed by atoms with Crippen LogP contribution in [0.4, 0.5) is 0 Å². The monoisotopic (exact) mass is 464 g/mol. The van der Waals surface area contributed by atoms with Crippen LogP contribution in [-0.4, -0.2) is 11.8 Å². The first-order valence-electron chi connectivity index (χ1n) is 9.99. The van der Waals surface area contributed by atoms with Crippen molar-refractivity contribution in [3.05, 3.63) is 117 Å². The lowest BCUT2D eigenvalue weighted by molar-refractivity contribution is -0.117. The highest BCUT2D eigenvalue weighted by atomic mass is 35.5. The molecule has 0 aromatic heterocycles. The molecule has 0 saturated heterocycles. The molecule has 2 amide bonds. The minimum Gasteiger partial charge on any atom is -0.348 e. The van der Waals surface area contributed by atoms with Crippen LogP contribution in [0.3, 0.4) is 0 Å². The van der Waals surface area contributed by atoms with Crippen molar-refractivity contribution in [2.75, 3.05) is 0 Å². The van der Waals surface area contributed by atoms with Crippen LogP contribution in [-0.2, 0) is 22.7 Å². The van der Waals surface area contributed by atoms with E-state index in [1.807, 2.05) is 48.5 Å². The van der Waals surface area contributed by atoms with Gasteiger partial charge in [0.15, 0.2) is 0 Å². The lowest BCUT2D eigenvalue weighted by Crippen LogP contribution is -2.21. The molecular formula is C26H22Cl2N2O2. The fourth-order valence-corrected chi connectivity index (χ4v) is 3.09. The zero-order valence-electron chi connectivity index (χ0n) is 17.2. The number of benzene rings is 3. The third kappa shape index (κ3) is 8.06. The van der Waals surface area contributed by atoms with Gasteiger partial charge in [-0.3, -0.25) is 9.59 Å². The molecule has 0 fully saturated rings. The zero-order valence-corrected chi connectivity index (χ0v) is 18.7. The first-order valence-corrected chi connectivity index (χ1v) is 10.7. The summed E-state index contributed by atoms with van der Waals surface area (Å²) in [6, 6.07) is 22.2. The number of hydrogen-bond donors (Lipinski definition) is 2. The van der Waals surface area contributed by atoms with Crippen molar-refractivity contribution in [3.8, 4) is 0 Å². The van der Waals surface area contributed by atoms with E-state index >= 15 is 0 Å². The number of hydrogen-bond acceptors (Lipinski definition) is 2. The molecule has 6 heteroatoms. The Morgan fingerprint density at radius 2 is 1.06 bits per heavy atom. The topological polar surface area (TPSA) is 58.2 Å². The second-order valence-electron chi connectivity index (χ2n) is 7.03. The predicted molar refractivity (Wildman–Crippen MR) is 131 cm³/mol. The zero-order chi connectivity index (χ0) is 22.8. The molecule has 3 aromatic carbocycles. The summed E-state index contributed by atoms with van der Waals surface area (Å²) in [4.78, 5) is 24.1. The van der Waals surface area contributed by atoms with Crippen molar-refractivity contribution >= 4 is 47.2 Å². The van der Waals surface area contributed by atoms with Crippen molar-refractivity contribution in [2.24, 2.45) is 0 Å². The number of carbonyl (C=O) groups is 2. The average Bonchev–Trinajstić information content (AvgIpc) is 2.81. The second-order valence-corrected chi connectivity index (χ2v) is 7.90. The first kappa shape index (κ1) is 23.3. The maximum Gasteiger partial charge on any atom is 0.244 e. The second kappa shape index (κ2) is 11.9. The minimum atomic E-state index is -0.189. The van der Waals surface area contributed by atoms with Gasteiger partial charge in [-0.15, -0.1) is 0 Å². The van der Waals surface area contributed by atoms with Crippen LogP contribution in [0, 0.1) is 0 Å². The molecule has 32 heavy (non-hydrogen) atoms. The van der Waals surface area contributed by atoms with E-state index in [2.05, 4.69) is 10.6 Å². The van der Waals surface area contributed by atoms with Gasteiger partial charge in [-0.1, -0.05) is 71.7 Å². The van der Waals surface area contributed by atoms with Gasteiger partial charge >= 0.3 is 0 Å². The Bertz CT molecular complexity index is 1030. The summed E-state index contributed by atoms with van der Waals surface area (Å²) < 4.78 is 0. The summed E-state index contributed by atoms with van der Waals surface area (Å²) in [6.45, 7) is 0.782. The van der Waals surface area contributed by atoms with Gasteiger partial charge in [-0.25, -0.2) is 0 Å². The maximum absolute atomic E-state index is 12.1. The molecule has 0 aliphatic carbocycles. The van der Waals surface area contributed by atoms with Gasteiger partial charge in [0.1, 0.15) is 0 Å². The highest BCUT2D eigenvalue weighted by molar-refractivity contribution is 6.30. The van der Waals surface area contributed by atoms with E-state index in [9.17, 15) is 9.59 Å². The molecule has 3 rings (SSSR count). The summed E-state index contributed by atoms with van der Waals surface area (Å²) >= 11 is 11.7. The SMILES string of the molecule is O=C(/C=C/c1ccc(Cl)cc1)NCc1cccc(CNC(=O)/C=C/c2ccc(Cl)cc2)c1. The molecule has 4 nitrogen and oxygen atoms in total. The fraction of sp³-hybridized carbons (Fsp3) is 0.0769. The molecule has 0 saturated carbocycles. The molecule has 0 atom stereocenters. The van der Waals surface area contributed by atoms with E-state index in [4.69, 9.17) is 23.2 Å². The molecular weight excluding hydrogens is 443 g/mol. The van der Waals surface area contributed by atoms with Crippen molar-refractivity contribution in [1.29, 1.82) is 0 Å². The van der Waals surface area contributed by atoms with Gasteiger partial charge in [-0.05, 0) is 58.7 Å². The third-order valence-electron chi connectivity index (χ3n) is 4.52. The lowest BCUT2D eigenvalue weighted by Gasteiger charge is -2.07. The van der Waals surface area contributed by atoms with Crippen LogP contribution < -0.4 is 10.6 Å². The molecule has 0 aliphatic rings. The summed E-state index contributed by atoms with van der Waals surface area (Å²) in [6.07, 6.45) is 6.44. The summed E-state index contributed by atoms with van der Waals surface area (Å²) in [5, 5.41) is 7.02. The standard InChI is InChI=1S/C26H22Cl2N2O2/c27-23-10-4-19(5-11-23)8-14-25(31)29-17-21-2-1-3-22(16-21)18-30-26(32)15-9-20-6-12-24(28)13-7-20/h1-16H,17-18H2,(H,29,31)(H,30,32)/b14-8+,15-9+. The Balaban J connectivity index is 1.46. The average molecular weight is 465 g/mol. The molecule has 0 radical (unpaired) electrons. The third-order valence-corrected chi connectivity index (χ3v) is 5.02. The molecule has 0 aliphatic heterocycles. The Labute approximate surface area is 197 Å². The number of nitrogens with one attached hydrogen (secondary N) is 2. The van der Waals surface area contributed by atoms with E-state index in [1.54, 1.807) is 36.4 Å². The van der Waals surface area contributed by atoms with Gasteiger partial charge in [-0.2, -0.15) is 0 Å². The van der Waals surface area contributed by atoms with E-state index in [-0.39, 0.29) is 11.8 Å². The Hall–Kier alpha value is -3.34. The molecule has 0 unspecified atom stereocenters. The molecule has 0 spiro atoms. The fourth-order valence-electron chi connectivity index (χ4n) is 2.84. The van der Waals surface area contributed by atoms with Crippen LogP contribution in [0.25, 0.3) is 12.2 Å². The molecule has 3 aromatic rings. The van der Waals surface area contributed by atoms with Crippen LogP contribution in [0.1, 0.15) is 22.3 Å². The smallest absolute Gasteiger partial charge is 0.244 e. The highest BCUT2D eigenvalue weighted by Gasteiger charge is 2.01. The predicted octanol–water partition coefficient (Wildman–Crippen LogP) is 5.65. The Morgan fingerprint density at radius 1 is 0.656 bits per heavy atom. The van der Waals surface area contributed by atoms with Gasteiger partial charge in [0.2, 0.25) is 11.8 Å².